The maximum Gasteiger partial charge on any atom is 0.0127 e. The Kier molecular flexibility index (Phi) is 5.93. The molecule has 0 aliphatic carbocycles. The monoisotopic (exact) mass is 253 g/mol. The molecule has 0 amide bonds. The molecule has 2 N–H and O–H groups in total. The SMILES string of the molecule is CC(C)CC(C1CCCNCC1)N1CCNCC1. The largest absolute Gasteiger partial charge is 0.317 e. The molecule has 2 fully saturated rings. The van der Waals surface area contributed by atoms with Crippen molar-refractivity contribution in [2.24, 2.45) is 11.8 Å². The molecule has 0 aromatic carbocycles. The first kappa shape index (κ1) is 14.3. The second-order valence-corrected chi connectivity index (χ2v) is 6.42. The van der Waals surface area contributed by atoms with Crippen LogP contribution in [0.2, 0.25) is 0 Å². The van der Waals surface area contributed by atoms with E-state index in [2.05, 4.69) is 29.4 Å². The molecule has 18 heavy (non-hydrogen) atoms. The molecule has 2 atom stereocenters. The average Bonchev–Trinajstić information content (AvgIpc) is 2.65. The normalized spacial score (nSPS) is 29.2. The summed E-state index contributed by atoms with van der Waals surface area (Å²) in [6.45, 7) is 12.1. The van der Waals surface area contributed by atoms with Crippen molar-refractivity contribution >= 4 is 0 Å². The minimum Gasteiger partial charge on any atom is -0.317 e. The van der Waals surface area contributed by atoms with Gasteiger partial charge in [-0.3, -0.25) is 4.90 Å². The van der Waals surface area contributed by atoms with Crippen LogP contribution in [-0.4, -0.2) is 50.2 Å². The zero-order valence-corrected chi connectivity index (χ0v) is 12.3. The Morgan fingerprint density at radius 2 is 1.72 bits per heavy atom. The van der Waals surface area contributed by atoms with Crippen LogP contribution in [0.1, 0.15) is 39.5 Å². The van der Waals surface area contributed by atoms with Crippen molar-refractivity contribution in [3.8, 4) is 0 Å². The van der Waals surface area contributed by atoms with Crippen LogP contribution in [0.25, 0.3) is 0 Å². The molecule has 3 nitrogen and oxygen atoms in total. The van der Waals surface area contributed by atoms with E-state index in [0.717, 1.165) is 17.9 Å². The molecule has 0 bridgehead atoms. The molecule has 2 rings (SSSR count). The predicted molar refractivity (Wildman–Crippen MR) is 77.9 cm³/mol. The molecule has 0 radical (unpaired) electrons. The molecule has 0 aromatic heterocycles. The van der Waals surface area contributed by atoms with Crippen molar-refractivity contribution in [1.29, 1.82) is 0 Å². The Labute approximate surface area is 113 Å². The van der Waals surface area contributed by atoms with E-state index in [-0.39, 0.29) is 0 Å². The van der Waals surface area contributed by atoms with Gasteiger partial charge in [0.05, 0.1) is 0 Å². The van der Waals surface area contributed by atoms with Crippen LogP contribution in [0.4, 0.5) is 0 Å². The summed E-state index contributed by atoms with van der Waals surface area (Å²) in [5, 5.41) is 7.04. The van der Waals surface area contributed by atoms with Crippen molar-refractivity contribution in [3.05, 3.63) is 0 Å². The Morgan fingerprint density at radius 3 is 2.44 bits per heavy atom. The number of hydrogen-bond donors (Lipinski definition) is 2. The van der Waals surface area contributed by atoms with Crippen molar-refractivity contribution in [2.45, 2.75) is 45.6 Å². The second-order valence-electron chi connectivity index (χ2n) is 6.42. The minimum absolute atomic E-state index is 0.820. The lowest BCUT2D eigenvalue weighted by atomic mass is 9.85. The van der Waals surface area contributed by atoms with Crippen LogP contribution in [0.5, 0.6) is 0 Å². The maximum atomic E-state index is 3.56. The zero-order chi connectivity index (χ0) is 12.8. The van der Waals surface area contributed by atoms with E-state index in [9.17, 15) is 0 Å². The van der Waals surface area contributed by atoms with E-state index < -0.39 is 0 Å². The van der Waals surface area contributed by atoms with Crippen molar-refractivity contribution < 1.29 is 0 Å². The summed E-state index contributed by atoms with van der Waals surface area (Å²) in [4.78, 5) is 2.77. The van der Waals surface area contributed by atoms with Gasteiger partial charge in [0.15, 0.2) is 0 Å². The highest BCUT2D eigenvalue weighted by Crippen LogP contribution is 2.27. The Bertz CT molecular complexity index is 216. The molecule has 106 valence electrons. The number of hydrogen-bond acceptors (Lipinski definition) is 3. The third-order valence-corrected chi connectivity index (χ3v) is 4.50. The molecule has 0 aromatic rings. The quantitative estimate of drug-likeness (QED) is 0.798. The summed E-state index contributed by atoms with van der Waals surface area (Å²) < 4.78 is 0. The van der Waals surface area contributed by atoms with E-state index in [0.29, 0.717) is 0 Å². The van der Waals surface area contributed by atoms with E-state index in [1.165, 1.54) is 65.0 Å². The summed E-state index contributed by atoms with van der Waals surface area (Å²) in [6, 6.07) is 0.826. The highest BCUT2D eigenvalue weighted by molar-refractivity contribution is 4.85. The van der Waals surface area contributed by atoms with Gasteiger partial charge in [-0.15, -0.1) is 0 Å². The molecule has 2 aliphatic rings. The van der Waals surface area contributed by atoms with Crippen LogP contribution in [0.3, 0.4) is 0 Å². The highest BCUT2D eigenvalue weighted by Gasteiger charge is 2.29. The maximum absolute atomic E-state index is 3.56. The lowest BCUT2D eigenvalue weighted by Gasteiger charge is -2.40. The first-order valence-corrected chi connectivity index (χ1v) is 7.93. The number of nitrogens with zero attached hydrogens (tertiary/aromatic N) is 1. The molecule has 0 spiro atoms. The molecule has 3 heteroatoms. The Hall–Kier alpha value is -0.120. The summed E-state index contributed by atoms with van der Waals surface area (Å²) in [7, 11) is 0. The van der Waals surface area contributed by atoms with Crippen molar-refractivity contribution in [1.82, 2.24) is 15.5 Å². The first-order chi connectivity index (χ1) is 8.77. The number of nitrogens with one attached hydrogen (secondary N) is 2. The topological polar surface area (TPSA) is 27.3 Å². The minimum atomic E-state index is 0.820. The van der Waals surface area contributed by atoms with E-state index >= 15 is 0 Å². The third-order valence-electron chi connectivity index (χ3n) is 4.50. The van der Waals surface area contributed by atoms with Gasteiger partial charge >= 0.3 is 0 Å². The van der Waals surface area contributed by atoms with E-state index in [1.807, 2.05) is 0 Å². The number of piperazine rings is 1. The van der Waals surface area contributed by atoms with Crippen LogP contribution in [0, 0.1) is 11.8 Å². The third kappa shape index (κ3) is 4.22. The van der Waals surface area contributed by atoms with Gasteiger partial charge in [0.2, 0.25) is 0 Å². The standard InChI is InChI=1S/C15H31N3/c1-13(2)12-15(18-10-8-17-9-11-18)14-4-3-6-16-7-5-14/h13-17H,3-12H2,1-2H3. The van der Waals surface area contributed by atoms with Crippen LogP contribution in [0.15, 0.2) is 0 Å². The predicted octanol–water partition coefficient (Wildman–Crippen LogP) is 1.70. The van der Waals surface area contributed by atoms with Crippen molar-refractivity contribution in [3.63, 3.8) is 0 Å². The number of rotatable bonds is 4. The van der Waals surface area contributed by atoms with Gasteiger partial charge in [-0.2, -0.15) is 0 Å². The molecule has 2 saturated heterocycles. The lowest BCUT2D eigenvalue weighted by molar-refractivity contribution is 0.0994. The van der Waals surface area contributed by atoms with Crippen molar-refractivity contribution in [2.75, 3.05) is 39.3 Å². The van der Waals surface area contributed by atoms with E-state index in [1.54, 1.807) is 0 Å². The van der Waals surface area contributed by atoms with E-state index in [4.69, 9.17) is 0 Å². The average molecular weight is 253 g/mol. The second kappa shape index (κ2) is 7.46. The highest BCUT2D eigenvalue weighted by atomic mass is 15.2. The van der Waals surface area contributed by atoms with Gasteiger partial charge in [-0.05, 0) is 50.6 Å². The van der Waals surface area contributed by atoms with Gasteiger partial charge in [0.1, 0.15) is 0 Å². The smallest absolute Gasteiger partial charge is 0.0127 e. The zero-order valence-electron chi connectivity index (χ0n) is 12.3. The first-order valence-electron chi connectivity index (χ1n) is 7.93. The molecular formula is C15H31N3. The fraction of sp³-hybridized carbons (Fsp3) is 1.00. The van der Waals surface area contributed by atoms with Crippen LogP contribution < -0.4 is 10.6 Å². The van der Waals surface area contributed by atoms with Gasteiger partial charge in [0.25, 0.3) is 0 Å². The molecule has 2 heterocycles. The fourth-order valence-corrected chi connectivity index (χ4v) is 3.57. The van der Waals surface area contributed by atoms with Gasteiger partial charge < -0.3 is 10.6 Å². The summed E-state index contributed by atoms with van der Waals surface area (Å²) in [5.74, 6) is 1.74. The lowest BCUT2D eigenvalue weighted by Crippen LogP contribution is -2.51. The Balaban J connectivity index is 1.97. The van der Waals surface area contributed by atoms with Gasteiger partial charge in [-0.1, -0.05) is 13.8 Å². The molecule has 0 saturated carbocycles. The summed E-state index contributed by atoms with van der Waals surface area (Å²) >= 11 is 0. The van der Waals surface area contributed by atoms with Gasteiger partial charge in [0, 0.05) is 32.2 Å². The molecule has 2 aliphatic heterocycles. The summed E-state index contributed by atoms with van der Waals surface area (Å²) in [6.07, 6.45) is 5.55. The molecule has 2 unspecified atom stereocenters. The Morgan fingerprint density at radius 1 is 1.00 bits per heavy atom. The fourth-order valence-electron chi connectivity index (χ4n) is 3.57. The van der Waals surface area contributed by atoms with Crippen LogP contribution >= 0.6 is 0 Å². The van der Waals surface area contributed by atoms with Gasteiger partial charge in [-0.25, -0.2) is 0 Å². The summed E-state index contributed by atoms with van der Waals surface area (Å²) in [5.41, 5.74) is 0. The van der Waals surface area contributed by atoms with Crippen LogP contribution in [-0.2, 0) is 0 Å². The molecular weight excluding hydrogens is 222 g/mol.